The molecule has 0 bridgehead atoms. The van der Waals surface area contributed by atoms with E-state index in [0.29, 0.717) is 33.3 Å². The second-order valence-corrected chi connectivity index (χ2v) is 15.4. The largest absolute Gasteiger partial charge is 3.00 e. The maximum absolute atomic E-state index is 10.1. The summed E-state index contributed by atoms with van der Waals surface area (Å²) in [5.74, 6) is 0. The number of rotatable bonds is 13. The van der Waals surface area contributed by atoms with E-state index < -0.39 is 66.7 Å². The van der Waals surface area contributed by atoms with Crippen molar-refractivity contribution in [3.05, 3.63) is 209 Å². The van der Waals surface area contributed by atoms with E-state index in [1.807, 2.05) is 6.07 Å². The molecule has 0 aliphatic carbocycles. The van der Waals surface area contributed by atoms with Crippen LogP contribution in [0.25, 0.3) is 55.7 Å². The van der Waals surface area contributed by atoms with Crippen molar-refractivity contribution in [2.45, 2.75) is 65.4 Å². The fourth-order valence-electron chi connectivity index (χ4n) is 6.77. The van der Waals surface area contributed by atoms with Gasteiger partial charge in [0.2, 0.25) is 0 Å². The molecule has 0 spiro atoms. The molecule has 9 rings (SSSR count). The average molecular weight is 1010 g/mol. The molecule has 0 unspecified atom stereocenters. The number of hydrogen-bond acceptors (Lipinski definition) is 5. The van der Waals surface area contributed by atoms with Gasteiger partial charge in [0.25, 0.3) is 0 Å². The molecule has 5 nitrogen and oxygen atoms in total. The van der Waals surface area contributed by atoms with Crippen LogP contribution < -0.4 is 0 Å². The SMILES string of the molecule is [2H]c1cc2c(oc3c(-c4ccc(C([2H])([2H])C([2H])([2H])c5cc(C([2H])([2H])C([2H])([2H])c6ccc(-c7[c-]cccc7)nc6)cc(C([2H])([2H])C([2H])([2H])c6ccc(-c7[c-]cccc7)nc6)c5)cn4)[c-]ccc32)c(C([2H])([2H])C(C)(C)C)c1C#N.[Ir+3]. The Morgan fingerprint density at radius 2 is 1.08 bits per heavy atom. The second-order valence-electron chi connectivity index (χ2n) is 15.4. The molecule has 4 heterocycles. The Bertz CT molecular complexity index is 3600. The minimum absolute atomic E-state index is 0. The summed E-state index contributed by atoms with van der Waals surface area (Å²) in [7, 11) is 0. The molecule has 0 N–H and O–H groups in total. The van der Waals surface area contributed by atoms with Crippen LogP contribution in [0.3, 0.4) is 0 Å². The van der Waals surface area contributed by atoms with Gasteiger partial charge in [-0.3, -0.25) is 0 Å². The van der Waals surface area contributed by atoms with Crippen LogP contribution in [0.15, 0.2) is 150 Å². The Hall–Kier alpha value is -6.51. The molecule has 9 aromatic rings. The normalized spacial score (nSPS) is 16.5. The average Bonchev–Trinajstić information content (AvgIpc) is 3.98. The topological polar surface area (TPSA) is 75.6 Å². The second kappa shape index (κ2) is 19.3. The Labute approximate surface area is 405 Å². The number of fused-ring (bicyclic) bond motifs is 3. The minimum atomic E-state index is -3.20. The van der Waals surface area contributed by atoms with Crippen molar-refractivity contribution in [1.29, 1.82) is 5.26 Å². The van der Waals surface area contributed by atoms with E-state index >= 15 is 0 Å². The molecule has 4 aromatic heterocycles. The Kier molecular flexibility index (Phi) is 8.63. The number of hydrogen-bond donors (Lipinski definition) is 0. The van der Waals surface area contributed by atoms with Gasteiger partial charge in [-0.2, -0.15) is 5.26 Å². The minimum Gasteiger partial charge on any atom is -0.500 e. The van der Waals surface area contributed by atoms with E-state index in [1.165, 1.54) is 42.5 Å². The zero-order valence-electron chi connectivity index (χ0n) is 49.3. The van der Waals surface area contributed by atoms with Crippen molar-refractivity contribution in [2.24, 2.45) is 5.41 Å². The van der Waals surface area contributed by atoms with Crippen molar-refractivity contribution >= 4 is 21.9 Å². The van der Waals surface area contributed by atoms with Crippen LogP contribution >= 0.6 is 0 Å². The van der Waals surface area contributed by atoms with E-state index in [9.17, 15) is 21.7 Å². The number of aryl methyl sites for hydroxylation is 6. The summed E-state index contributed by atoms with van der Waals surface area (Å²) in [6.45, 7) is 5.01. The Morgan fingerprint density at radius 1 is 0.587 bits per heavy atom. The molecule has 0 aliphatic rings. The first-order valence-electron chi connectivity index (χ1n) is 27.3. The van der Waals surface area contributed by atoms with E-state index in [1.54, 1.807) is 81.4 Å². The predicted octanol–water partition coefficient (Wildman–Crippen LogP) is 13.0. The van der Waals surface area contributed by atoms with E-state index in [4.69, 9.17) is 8.53 Å². The Morgan fingerprint density at radius 3 is 1.52 bits per heavy atom. The number of pyridine rings is 3. The number of nitriles is 1. The van der Waals surface area contributed by atoms with Crippen molar-refractivity contribution in [1.82, 2.24) is 15.0 Å². The van der Waals surface area contributed by atoms with Crippen LogP contribution in [0.5, 0.6) is 0 Å². The van der Waals surface area contributed by atoms with Crippen molar-refractivity contribution < 1.29 is 45.1 Å². The first kappa shape index (κ1) is 28.2. The van der Waals surface area contributed by atoms with Gasteiger partial charge in [-0.1, -0.05) is 92.4 Å². The molecule has 5 aromatic carbocycles. The smallest absolute Gasteiger partial charge is 0.500 e. The summed E-state index contributed by atoms with van der Waals surface area (Å²) in [5, 5.41) is 10.9. The quantitative estimate of drug-likeness (QED) is 0.108. The van der Waals surface area contributed by atoms with E-state index in [-0.39, 0.29) is 76.4 Å². The molecule has 310 valence electrons. The van der Waals surface area contributed by atoms with Crippen molar-refractivity contribution in [3.8, 4) is 39.8 Å². The van der Waals surface area contributed by atoms with Crippen LogP contribution in [-0.4, -0.2) is 15.0 Å². The van der Waals surface area contributed by atoms with Crippen LogP contribution in [0, 0.1) is 34.9 Å². The van der Waals surface area contributed by atoms with Crippen molar-refractivity contribution in [3.63, 3.8) is 0 Å². The summed E-state index contributed by atoms with van der Waals surface area (Å²) in [6, 6.07) is 40.6. The summed E-state index contributed by atoms with van der Waals surface area (Å²) in [5.41, 5.74) is -1.27. The third-order valence-electron chi connectivity index (χ3n) is 9.64. The van der Waals surface area contributed by atoms with Crippen LogP contribution in [0.4, 0.5) is 0 Å². The van der Waals surface area contributed by atoms with Gasteiger partial charge in [0, 0.05) is 48.7 Å². The number of furan rings is 1. The van der Waals surface area contributed by atoms with Crippen LogP contribution in [-0.2, 0) is 64.7 Å². The first-order chi connectivity index (χ1) is 36.0. The summed E-state index contributed by atoms with van der Waals surface area (Å²) in [6.07, 6.45) is -17.2. The number of benzene rings is 5. The van der Waals surface area contributed by atoms with E-state index in [0.717, 1.165) is 36.8 Å². The van der Waals surface area contributed by atoms with Crippen LogP contribution in [0.2, 0.25) is 0 Å². The van der Waals surface area contributed by atoms with Gasteiger partial charge < -0.3 is 19.4 Å². The molecule has 0 aliphatic heterocycles. The maximum atomic E-state index is 10.1. The van der Waals surface area contributed by atoms with E-state index in [2.05, 4.69) is 33.2 Å². The maximum Gasteiger partial charge on any atom is 3.00 e. The molecular formula is C57H47IrN4O. The third-order valence-corrected chi connectivity index (χ3v) is 9.64. The van der Waals surface area contributed by atoms with Gasteiger partial charge in [-0.25, -0.2) is 0 Å². The van der Waals surface area contributed by atoms with Gasteiger partial charge in [0.15, 0.2) is 0 Å². The molecule has 0 saturated carbocycles. The molecule has 6 heteroatoms. The summed E-state index contributed by atoms with van der Waals surface area (Å²) >= 11 is 0. The van der Waals surface area contributed by atoms with Gasteiger partial charge in [0.05, 0.1) is 18.6 Å². The standard InChI is InChI=1S/C57H47N4O.Ir/c1-57(2,3)34-51-47(35-58)26-27-49-48-15-10-16-50(55(48)62-56(49)51)54-30-25-41(38-61-54)19-22-44-32-42(20-17-39-23-28-52(59-36-39)45-11-6-4-7-12-45)31-43(33-44)21-18-40-24-29-53(60-37-40)46-13-8-5-9-14-46;/h4-11,13,15,23-33,36-38H,17-22,34H2,1-3H3;/q-3;+3/i17D2,18D2,19D2,20D2,21D2,22D2,26D,34D2;. The zero-order chi connectivity index (χ0) is 55.9. The molecule has 0 amide bonds. The molecule has 0 atom stereocenters. The Balaban J connectivity index is 0.00000803. The fraction of sp³-hybridized carbons (Fsp3) is 0.193. The van der Waals surface area contributed by atoms with Crippen LogP contribution in [0.1, 0.15) is 85.8 Å². The van der Waals surface area contributed by atoms with Gasteiger partial charge >= 0.3 is 20.1 Å². The first-order valence-corrected chi connectivity index (χ1v) is 19.8. The van der Waals surface area contributed by atoms with Gasteiger partial charge in [-0.15, -0.1) is 90.0 Å². The molecule has 0 saturated heterocycles. The van der Waals surface area contributed by atoms with Gasteiger partial charge in [0.1, 0.15) is 5.58 Å². The molecule has 63 heavy (non-hydrogen) atoms. The summed E-state index contributed by atoms with van der Waals surface area (Å²) in [4.78, 5) is 13.2. The van der Waals surface area contributed by atoms with Gasteiger partial charge in [-0.05, 0) is 107 Å². The molecular weight excluding hydrogens is 949 g/mol. The molecule has 0 fully saturated rings. The fourth-order valence-corrected chi connectivity index (χ4v) is 6.77. The zero-order valence-corrected chi connectivity index (χ0v) is 36.7. The summed E-state index contributed by atoms with van der Waals surface area (Å²) < 4.78 is 146. The monoisotopic (exact) mass is 1010 g/mol. The molecule has 0 radical (unpaired) electrons. The van der Waals surface area contributed by atoms with Crippen molar-refractivity contribution in [2.75, 3.05) is 0 Å². The predicted molar refractivity (Wildman–Crippen MR) is 249 cm³/mol. The third kappa shape index (κ3) is 10.2. The number of aromatic nitrogens is 3. The number of nitrogens with zero attached hydrogens (tertiary/aromatic N) is 4.